The predicted molar refractivity (Wildman–Crippen MR) is 299 cm³/mol. The molecule has 2 atom stereocenters. The number of thioether (sulfide) groups is 1. The summed E-state index contributed by atoms with van der Waals surface area (Å²) < 4.78 is 52.1. The number of carbonyl (C=O) groups is 1. The third-order valence-electron chi connectivity index (χ3n) is 14.5. The molecule has 3 saturated heterocycles. The zero-order valence-corrected chi connectivity index (χ0v) is 45.3. The van der Waals surface area contributed by atoms with Crippen LogP contribution in [0.4, 0.5) is 22.7 Å². The second kappa shape index (κ2) is 22.7. The van der Waals surface area contributed by atoms with Gasteiger partial charge in [0.25, 0.3) is 0 Å². The van der Waals surface area contributed by atoms with Gasteiger partial charge in [0, 0.05) is 102 Å². The highest BCUT2D eigenvalue weighted by molar-refractivity contribution is 7.99. The van der Waals surface area contributed by atoms with Crippen molar-refractivity contribution in [3.63, 3.8) is 0 Å². The molecule has 73 heavy (non-hydrogen) atoms. The van der Waals surface area contributed by atoms with Gasteiger partial charge in [-0.25, -0.2) is 13.2 Å². The van der Waals surface area contributed by atoms with Gasteiger partial charge < -0.3 is 39.3 Å². The summed E-state index contributed by atoms with van der Waals surface area (Å²) in [4.78, 5) is 21.2. The number of anilines is 4. The second-order valence-corrected chi connectivity index (χ2v) is 25.5. The maximum Gasteiger partial charge on any atom is 0.338 e. The van der Waals surface area contributed by atoms with Gasteiger partial charge in [0.15, 0.2) is 9.84 Å². The van der Waals surface area contributed by atoms with Crippen molar-refractivity contribution in [1.29, 1.82) is 0 Å². The lowest BCUT2D eigenvalue weighted by molar-refractivity contribution is 0.0696. The van der Waals surface area contributed by atoms with Crippen molar-refractivity contribution in [2.24, 2.45) is 5.92 Å². The first-order valence-electron chi connectivity index (χ1n) is 25.2. The molecule has 5 aromatic carbocycles. The van der Waals surface area contributed by atoms with E-state index in [1.807, 2.05) is 85.8 Å². The Bertz CT molecular complexity index is 3050. The molecule has 0 amide bonds. The van der Waals surface area contributed by atoms with E-state index < -0.39 is 23.3 Å². The Morgan fingerprint density at radius 1 is 0.822 bits per heavy atom. The number of nitrogens with zero attached hydrogens (tertiary/aromatic N) is 5. The van der Waals surface area contributed by atoms with E-state index in [9.17, 15) is 23.4 Å². The van der Waals surface area contributed by atoms with Crippen LogP contribution in [0.5, 0.6) is 0 Å². The van der Waals surface area contributed by atoms with Crippen molar-refractivity contribution in [3.05, 3.63) is 138 Å². The lowest BCUT2D eigenvalue weighted by Gasteiger charge is -2.37. The van der Waals surface area contributed by atoms with Crippen LogP contribution in [0.15, 0.2) is 131 Å². The predicted octanol–water partition coefficient (Wildman–Crippen LogP) is 10.8. The summed E-state index contributed by atoms with van der Waals surface area (Å²) in [5.74, 6) is 0.101. The molecular formula is C56H66ClN6O7PS2. The Labute approximate surface area is 439 Å². The van der Waals surface area contributed by atoms with E-state index in [0.717, 1.165) is 110 Å². The number of nitrogens with one attached hydrogen (secondary N) is 1. The highest BCUT2D eigenvalue weighted by Gasteiger charge is 2.41. The van der Waals surface area contributed by atoms with Crippen molar-refractivity contribution >= 4 is 74.7 Å². The summed E-state index contributed by atoms with van der Waals surface area (Å²) in [7, 11) is -7.46. The lowest BCUT2D eigenvalue weighted by atomic mass is 9.96. The topological polar surface area (TPSA) is 148 Å². The van der Waals surface area contributed by atoms with Gasteiger partial charge in [0.05, 0.1) is 40.3 Å². The lowest BCUT2D eigenvalue weighted by Crippen LogP contribution is -2.46. The van der Waals surface area contributed by atoms with Crippen LogP contribution in [0.2, 0.25) is 5.02 Å². The zero-order chi connectivity index (χ0) is 51.4. The molecule has 0 aliphatic carbocycles. The molecule has 13 nitrogen and oxygen atoms in total. The minimum atomic E-state index is -3.76. The molecule has 386 valence electrons. The number of aromatic nitrogens is 1. The molecule has 17 heteroatoms. The van der Waals surface area contributed by atoms with Crippen LogP contribution in [-0.4, -0.2) is 118 Å². The number of sulfone groups is 1. The smallest absolute Gasteiger partial charge is 0.338 e. The van der Waals surface area contributed by atoms with Crippen LogP contribution in [0.25, 0.3) is 22.4 Å². The van der Waals surface area contributed by atoms with Crippen LogP contribution in [0.1, 0.15) is 55.2 Å². The molecule has 3 aliphatic heterocycles. The first kappa shape index (κ1) is 52.6. The Morgan fingerprint density at radius 2 is 1.49 bits per heavy atom. The number of likely N-dealkylation sites (tertiary alicyclic amines) is 1. The number of piperidine rings is 1. The maximum atomic E-state index is 15.0. The van der Waals surface area contributed by atoms with Gasteiger partial charge in [-0.1, -0.05) is 54.1 Å². The summed E-state index contributed by atoms with van der Waals surface area (Å²) in [5.41, 5.74) is 7.52. The number of carboxylic acids is 1. The largest absolute Gasteiger partial charge is 0.478 e. The van der Waals surface area contributed by atoms with Crippen LogP contribution >= 0.6 is 30.9 Å². The fourth-order valence-electron chi connectivity index (χ4n) is 10.6. The number of aliphatic hydroxyl groups excluding tert-OH is 1. The fourth-order valence-corrected chi connectivity index (χ4v) is 14.9. The van der Waals surface area contributed by atoms with E-state index in [4.69, 9.17) is 16.1 Å². The van der Waals surface area contributed by atoms with E-state index in [-0.39, 0.29) is 30.2 Å². The number of benzene rings is 5. The SMILES string of the molecule is Cc1c(C(=O)O)c(-c2cccc(N3CCN(c4ccc(N5CCOP5(=O)c5ccc(NC(CCN6CCC(CO)CC6)CSc6ccccc6)c(S(C)(=O)=O)c5)cc4)CC3)c2)c(-c2ccc(Cl)cc2)n1C(C)C. The number of aliphatic hydroxyl groups is 1. The normalized spacial score (nSPS) is 18.4. The Balaban J connectivity index is 0.893. The minimum Gasteiger partial charge on any atom is -0.478 e. The van der Waals surface area contributed by atoms with E-state index in [1.165, 1.54) is 12.3 Å². The van der Waals surface area contributed by atoms with Crippen molar-refractivity contribution < 1.29 is 32.5 Å². The Hall–Kier alpha value is -5.25. The van der Waals surface area contributed by atoms with Gasteiger partial charge in [-0.2, -0.15) is 0 Å². The van der Waals surface area contributed by atoms with E-state index >= 15 is 4.57 Å². The van der Waals surface area contributed by atoms with E-state index in [0.29, 0.717) is 45.3 Å². The highest BCUT2D eigenvalue weighted by Crippen LogP contribution is 2.56. The number of hydrogen-bond acceptors (Lipinski definition) is 11. The first-order valence-corrected chi connectivity index (χ1v) is 30.0. The summed E-state index contributed by atoms with van der Waals surface area (Å²) in [6.07, 6.45) is 3.92. The van der Waals surface area contributed by atoms with E-state index in [1.54, 1.807) is 28.6 Å². The van der Waals surface area contributed by atoms with Gasteiger partial charge >= 0.3 is 13.5 Å². The number of piperazine rings is 1. The van der Waals surface area contributed by atoms with Crippen molar-refractivity contribution in [1.82, 2.24) is 9.47 Å². The molecule has 0 spiro atoms. The van der Waals surface area contributed by atoms with Gasteiger partial charge in [0.1, 0.15) is 0 Å². The Kier molecular flexibility index (Phi) is 16.4. The summed E-state index contributed by atoms with van der Waals surface area (Å²) in [5, 5.41) is 24.8. The molecule has 3 fully saturated rings. The minimum absolute atomic E-state index is 0.0174. The molecule has 3 N–H and O–H groups in total. The molecule has 0 saturated carbocycles. The number of hydrogen-bond donors (Lipinski definition) is 3. The molecule has 1 aromatic heterocycles. The molecule has 0 bridgehead atoms. The first-order chi connectivity index (χ1) is 35.1. The summed E-state index contributed by atoms with van der Waals surface area (Å²) >= 11 is 8.02. The van der Waals surface area contributed by atoms with Gasteiger partial charge in [-0.15, -0.1) is 11.8 Å². The second-order valence-electron chi connectivity index (χ2n) is 19.7. The standard InChI is InChI=1S/C56H66ClN6O7PS2/c1-39(2)63-40(3)53(56(65)66)54(55(63)42-13-15-44(57)16-14-42)43-9-8-10-48(35-43)61-31-29-60(30-32-61)46-17-19-47(20-18-46)62-33-34-70-71(62,67)49-21-22-51(52(36-49)73(4,68)69)58-45(38-72-50-11-6-5-7-12-50)25-28-59-26-23-41(37-64)24-27-59/h5-22,35-36,39,41,45,58,64H,23-34,37-38H2,1-4H3,(H,65,66). The van der Waals surface area contributed by atoms with Crippen LogP contribution in [0.3, 0.4) is 0 Å². The molecule has 9 rings (SSSR count). The number of aromatic carboxylic acids is 1. The number of carboxylic acid groups (broad SMARTS) is 1. The molecule has 0 radical (unpaired) electrons. The maximum absolute atomic E-state index is 15.0. The average molecular weight is 1070 g/mol. The quantitative estimate of drug-likeness (QED) is 0.0555. The molecule has 4 heterocycles. The van der Waals surface area contributed by atoms with Crippen LogP contribution < -0.4 is 25.1 Å². The summed E-state index contributed by atoms with van der Waals surface area (Å²) in [6.45, 7) is 12.5. The third-order valence-corrected chi connectivity index (χ3v) is 19.6. The van der Waals surface area contributed by atoms with Crippen molar-refractivity contribution in [3.8, 4) is 22.4 Å². The molecule has 2 unspecified atom stereocenters. The van der Waals surface area contributed by atoms with Gasteiger partial charge in [-0.3, -0.25) is 9.24 Å². The number of rotatable bonds is 18. The van der Waals surface area contributed by atoms with Crippen molar-refractivity contribution in [2.45, 2.75) is 61.9 Å². The molecular weight excluding hydrogens is 999 g/mol. The van der Waals surface area contributed by atoms with Crippen molar-refractivity contribution in [2.75, 3.05) is 97.4 Å². The zero-order valence-electron chi connectivity index (χ0n) is 42.0. The van der Waals surface area contributed by atoms with E-state index in [2.05, 4.69) is 62.7 Å². The van der Waals surface area contributed by atoms with Crippen LogP contribution in [0, 0.1) is 12.8 Å². The highest BCUT2D eigenvalue weighted by atomic mass is 35.5. The van der Waals surface area contributed by atoms with Gasteiger partial charge in [0.2, 0.25) is 0 Å². The third kappa shape index (κ3) is 11.7. The fraction of sp³-hybridized carbons (Fsp3) is 0.375. The molecule has 6 aromatic rings. The summed E-state index contributed by atoms with van der Waals surface area (Å²) in [6, 6.07) is 38.9. The van der Waals surface area contributed by atoms with Crippen LogP contribution in [-0.2, 0) is 18.9 Å². The number of halogens is 1. The molecule has 3 aliphatic rings. The average Bonchev–Trinajstić information content (AvgIpc) is 3.95. The monoisotopic (exact) mass is 1060 g/mol. The van der Waals surface area contributed by atoms with Gasteiger partial charge in [-0.05, 0) is 149 Å². The Morgan fingerprint density at radius 3 is 2.14 bits per heavy atom.